The Balaban J connectivity index is 1.89. The largest absolute Gasteiger partial charge is 0.313 e. The fourth-order valence-corrected chi connectivity index (χ4v) is 3.36. The van der Waals surface area contributed by atoms with E-state index in [1.807, 2.05) is 23.1 Å². The van der Waals surface area contributed by atoms with Crippen LogP contribution in [0, 0.1) is 11.8 Å². The maximum atomic E-state index is 4.43. The molecule has 0 amide bonds. The second-order valence-electron chi connectivity index (χ2n) is 5.79. The van der Waals surface area contributed by atoms with Gasteiger partial charge in [0.1, 0.15) is 0 Å². The van der Waals surface area contributed by atoms with Gasteiger partial charge in [-0.05, 0) is 31.7 Å². The fraction of sp³-hybridized carbons (Fsp3) is 0.600. The molecule has 0 bridgehead atoms. The summed E-state index contributed by atoms with van der Waals surface area (Å²) in [6.45, 7) is 2.36. The van der Waals surface area contributed by atoms with E-state index >= 15 is 0 Å². The molecule has 2 aromatic heterocycles. The van der Waals surface area contributed by atoms with Crippen LogP contribution in [-0.4, -0.2) is 21.6 Å². The number of aromatic nitrogens is 3. The Hall–Kier alpha value is -1.42. The molecule has 2 heterocycles. The minimum Gasteiger partial charge on any atom is -0.313 e. The van der Waals surface area contributed by atoms with Gasteiger partial charge in [-0.1, -0.05) is 19.8 Å². The molecule has 1 N–H and O–H groups in total. The molecule has 0 saturated heterocycles. The normalized spacial score (nSPS) is 25.6. The molecule has 1 aliphatic carbocycles. The van der Waals surface area contributed by atoms with E-state index < -0.39 is 0 Å². The van der Waals surface area contributed by atoms with Crippen LogP contribution in [0.1, 0.15) is 44.2 Å². The standard InChI is InChI=1S/C15H22N4/c1-11-3-5-12(6-4-11)15(16-2)13-9-18-19-8-7-17-10-14(13)19/h7-12,15-16H,3-6H2,1-2H3. The van der Waals surface area contributed by atoms with Crippen molar-refractivity contribution in [1.82, 2.24) is 19.9 Å². The van der Waals surface area contributed by atoms with Crippen molar-refractivity contribution in [1.29, 1.82) is 0 Å². The van der Waals surface area contributed by atoms with Crippen LogP contribution in [0.4, 0.5) is 0 Å². The second-order valence-corrected chi connectivity index (χ2v) is 5.79. The summed E-state index contributed by atoms with van der Waals surface area (Å²) in [6.07, 6.45) is 12.9. The minimum atomic E-state index is 0.397. The molecule has 1 atom stereocenters. The Morgan fingerprint density at radius 1 is 1.26 bits per heavy atom. The molecule has 0 radical (unpaired) electrons. The monoisotopic (exact) mass is 258 g/mol. The van der Waals surface area contributed by atoms with Gasteiger partial charge in [-0.15, -0.1) is 0 Å². The third-order valence-corrected chi connectivity index (χ3v) is 4.53. The van der Waals surface area contributed by atoms with Crippen LogP contribution in [0.3, 0.4) is 0 Å². The van der Waals surface area contributed by atoms with Crippen LogP contribution >= 0.6 is 0 Å². The molecule has 4 heteroatoms. The van der Waals surface area contributed by atoms with Crippen molar-refractivity contribution in [3.63, 3.8) is 0 Å². The SMILES string of the molecule is CNC(c1cnn2ccncc12)C1CCC(C)CC1. The summed E-state index contributed by atoms with van der Waals surface area (Å²) in [7, 11) is 2.06. The van der Waals surface area contributed by atoms with Gasteiger partial charge in [0.2, 0.25) is 0 Å². The number of hydrogen-bond donors (Lipinski definition) is 1. The lowest BCUT2D eigenvalue weighted by molar-refractivity contribution is 0.238. The van der Waals surface area contributed by atoms with Gasteiger partial charge in [0.25, 0.3) is 0 Å². The molecule has 19 heavy (non-hydrogen) atoms. The predicted octanol–water partition coefficient (Wildman–Crippen LogP) is 2.82. The summed E-state index contributed by atoms with van der Waals surface area (Å²) in [6, 6.07) is 0.397. The van der Waals surface area contributed by atoms with E-state index in [9.17, 15) is 0 Å². The van der Waals surface area contributed by atoms with Gasteiger partial charge in [-0.3, -0.25) is 4.98 Å². The lowest BCUT2D eigenvalue weighted by atomic mass is 9.77. The molecule has 1 fully saturated rings. The van der Waals surface area contributed by atoms with Crippen molar-refractivity contribution < 1.29 is 0 Å². The van der Waals surface area contributed by atoms with Gasteiger partial charge < -0.3 is 5.32 Å². The summed E-state index contributed by atoms with van der Waals surface area (Å²) in [5.41, 5.74) is 2.41. The van der Waals surface area contributed by atoms with Gasteiger partial charge >= 0.3 is 0 Å². The lowest BCUT2D eigenvalue weighted by Crippen LogP contribution is -2.28. The average molecular weight is 258 g/mol. The molecular formula is C15H22N4. The van der Waals surface area contributed by atoms with E-state index in [-0.39, 0.29) is 0 Å². The van der Waals surface area contributed by atoms with Gasteiger partial charge in [-0.25, -0.2) is 4.52 Å². The minimum absolute atomic E-state index is 0.397. The van der Waals surface area contributed by atoms with Gasteiger partial charge in [0.05, 0.1) is 17.9 Å². The number of nitrogens with one attached hydrogen (secondary N) is 1. The highest BCUT2D eigenvalue weighted by atomic mass is 15.2. The Labute approximate surface area is 114 Å². The molecule has 0 spiro atoms. The Morgan fingerprint density at radius 2 is 2.05 bits per heavy atom. The molecule has 4 nitrogen and oxygen atoms in total. The number of rotatable bonds is 3. The van der Waals surface area contributed by atoms with E-state index in [0.717, 1.165) is 17.4 Å². The molecule has 102 valence electrons. The number of nitrogens with zero attached hydrogens (tertiary/aromatic N) is 3. The van der Waals surface area contributed by atoms with E-state index in [2.05, 4.69) is 29.4 Å². The van der Waals surface area contributed by atoms with Crippen LogP contribution in [0.2, 0.25) is 0 Å². The zero-order chi connectivity index (χ0) is 13.2. The smallest absolute Gasteiger partial charge is 0.0892 e. The van der Waals surface area contributed by atoms with Crippen molar-refractivity contribution in [3.8, 4) is 0 Å². The summed E-state index contributed by atoms with van der Waals surface area (Å²) in [4.78, 5) is 4.23. The van der Waals surface area contributed by atoms with Crippen LogP contribution < -0.4 is 5.32 Å². The first-order valence-corrected chi connectivity index (χ1v) is 7.24. The highest BCUT2D eigenvalue weighted by Gasteiger charge is 2.28. The first-order chi connectivity index (χ1) is 9.29. The molecule has 0 aliphatic heterocycles. The third kappa shape index (κ3) is 2.37. The van der Waals surface area contributed by atoms with Gasteiger partial charge in [-0.2, -0.15) is 5.10 Å². The van der Waals surface area contributed by atoms with Crippen molar-refractivity contribution in [3.05, 3.63) is 30.4 Å². The Morgan fingerprint density at radius 3 is 2.79 bits per heavy atom. The zero-order valence-electron chi connectivity index (χ0n) is 11.7. The fourth-order valence-electron chi connectivity index (χ4n) is 3.36. The predicted molar refractivity (Wildman–Crippen MR) is 75.9 cm³/mol. The highest BCUT2D eigenvalue weighted by molar-refractivity contribution is 5.53. The molecule has 1 saturated carbocycles. The third-order valence-electron chi connectivity index (χ3n) is 4.53. The molecule has 1 aliphatic rings. The van der Waals surface area contributed by atoms with E-state index in [1.54, 1.807) is 6.20 Å². The molecule has 1 unspecified atom stereocenters. The van der Waals surface area contributed by atoms with Crippen LogP contribution in [0.15, 0.2) is 24.8 Å². The average Bonchev–Trinajstić information content (AvgIpc) is 2.86. The second kappa shape index (κ2) is 5.29. The Bertz CT molecular complexity index is 540. The van der Waals surface area contributed by atoms with E-state index in [4.69, 9.17) is 0 Å². The first kappa shape index (κ1) is 12.6. The summed E-state index contributed by atoms with van der Waals surface area (Å²) in [5, 5.41) is 7.93. The topological polar surface area (TPSA) is 42.2 Å². The molecule has 0 aromatic carbocycles. The summed E-state index contributed by atoms with van der Waals surface area (Å²) < 4.78 is 1.91. The van der Waals surface area contributed by atoms with Crippen LogP contribution in [0.25, 0.3) is 5.52 Å². The van der Waals surface area contributed by atoms with E-state index in [1.165, 1.54) is 31.2 Å². The molecule has 2 aromatic rings. The van der Waals surface area contributed by atoms with E-state index in [0.29, 0.717) is 6.04 Å². The Kier molecular flexibility index (Phi) is 3.51. The summed E-state index contributed by atoms with van der Waals surface area (Å²) in [5.74, 6) is 1.61. The quantitative estimate of drug-likeness (QED) is 0.920. The highest BCUT2D eigenvalue weighted by Crippen LogP contribution is 2.37. The van der Waals surface area contributed by atoms with Gasteiger partial charge in [0, 0.05) is 24.0 Å². The van der Waals surface area contributed by atoms with Crippen molar-refractivity contribution >= 4 is 5.52 Å². The number of fused-ring (bicyclic) bond motifs is 1. The summed E-state index contributed by atoms with van der Waals surface area (Å²) >= 11 is 0. The van der Waals surface area contributed by atoms with Crippen molar-refractivity contribution in [2.75, 3.05) is 7.05 Å². The van der Waals surface area contributed by atoms with Crippen LogP contribution in [0.5, 0.6) is 0 Å². The van der Waals surface area contributed by atoms with Crippen molar-refractivity contribution in [2.24, 2.45) is 11.8 Å². The lowest BCUT2D eigenvalue weighted by Gasteiger charge is -2.32. The molecular weight excluding hydrogens is 236 g/mol. The van der Waals surface area contributed by atoms with Gasteiger partial charge in [0.15, 0.2) is 0 Å². The maximum Gasteiger partial charge on any atom is 0.0892 e. The van der Waals surface area contributed by atoms with Crippen LogP contribution in [-0.2, 0) is 0 Å². The maximum absolute atomic E-state index is 4.43. The zero-order valence-corrected chi connectivity index (χ0v) is 11.7. The molecule has 3 rings (SSSR count). The number of hydrogen-bond acceptors (Lipinski definition) is 3. The van der Waals surface area contributed by atoms with Crippen molar-refractivity contribution in [2.45, 2.75) is 38.6 Å². The first-order valence-electron chi connectivity index (χ1n) is 7.24.